The van der Waals surface area contributed by atoms with Crippen LogP contribution in [0.2, 0.25) is 5.02 Å². The summed E-state index contributed by atoms with van der Waals surface area (Å²) in [5.41, 5.74) is 1.57. The average molecular weight is 413 g/mol. The number of alkyl halides is 3. The highest BCUT2D eigenvalue weighted by molar-refractivity contribution is 6.31. The van der Waals surface area contributed by atoms with E-state index in [4.69, 9.17) is 11.6 Å². The molecule has 1 N–H and O–H groups in total. The molecule has 2 aromatic carbocycles. The molecule has 3 nitrogen and oxygen atoms in total. The van der Waals surface area contributed by atoms with Crippen molar-refractivity contribution >= 4 is 23.2 Å². The number of rotatable bonds is 8. The second-order valence-electron chi connectivity index (χ2n) is 6.51. The Morgan fingerprint density at radius 3 is 2.25 bits per heavy atom. The lowest BCUT2D eigenvalue weighted by molar-refractivity contribution is -0.137. The number of amides is 1. The molecule has 0 heterocycles. The Kier molecular flexibility index (Phi) is 7.89. The fourth-order valence-corrected chi connectivity index (χ4v) is 3.07. The van der Waals surface area contributed by atoms with Crippen LogP contribution in [0, 0.1) is 0 Å². The first-order chi connectivity index (χ1) is 13.2. The van der Waals surface area contributed by atoms with Crippen molar-refractivity contribution in [3.63, 3.8) is 0 Å². The average Bonchev–Trinajstić information content (AvgIpc) is 2.65. The van der Waals surface area contributed by atoms with Gasteiger partial charge in [-0.15, -0.1) is 0 Å². The Morgan fingerprint density at radius 1 is 1.07 bits per heavy atom. The minimum atomic E-state index is -4.43. The number of benzene rings is 2. The van der Waals surface area contributed by atoms with Crippen LogP contribution in [0.5, 0.6) is 0 Å². The molecule has 1 amide bonds. The highest BCUT2D eigenvalue weighted by atomic mass is 35.5. The van der Waals surface area contributed by atoms with Crippen LogP contribution in [0.1, 0.15) is 37.0 Å². The number of hydrogen-bond donors (Lipinski definition) is 1. The van der Waals surface area contributed by atoms with Gasteiger partial charge in [0.1, 0.15) is 0 Å². The maximum Gasteiger partial charge on any atom is 0.416 e. The summed E-state index contributed by atoms with van der Waals surface area (Å²) < 4.78 is 38.0. The molecule has 0 atom stereocenters. The van der Waals surface area contributed by atoms with Crippen molar-refractivity contribution in [1.82, 2.24) is 4.90 Å². The van der Waals surface area contributed by atoms with Gasteiger partial charge in [-0.1, -0.05) is 43.6 Å². The lowest BCUT2D eigenvalue weighted by Crippen LogP contribution is -2.22. The standard InChI is InChI=1S/C21H24ClF3N2O/c1-3-27(4-2)14-15-5-10-18(11-6-15)26-20(28)12-8-16-7-9-17(13-19(16)22)21(23,24)25/h5-7,9-11,13H,3-4,8,12,14H2,1-2H3,(H,26,28). The Bertz CT molecular complexity index is 787. The zero-order valence-electron chi connectivity index (χ0n) is 15.9. The Hall–Kier alpha value is -2.05. The molecule has 2 rings (SSSR count). The van der Waals surface area contributed by atoms with E-state index in [2.05, 4.69) is 24.1 Å². The van der Waals surface area contributed by atoms with Gasteiger partial charge in [-0.2, -0.15) is 13.2 Å². The molecule has 152 valence electrons. The zero-order chi connectivity index (χ0) is 20.7. The van der Waals surface area contributed by atoms with Gasteiger partial charge in [-0.3, -0.25) is 9.69 Å². The lowest BCUT2D eigenvalue weighted by Gasteiger charge is -2.18. The second-order valence-corrected chi connectivity index (χ2v) is 6.92. The Balaban J connectivity index is 1.89. The molecule has 0 aliphatic heterocycles. The Morgan fingerprint density at radius 2 is 1.71 bits per heavy atom. The van der Waals surface area contributed by atoms with Crippen LogP contribution in [-0.2, 0) is 23.9 Å². The molecular formula is C21H24ClF3N2O. The number of halogens is 4. The van der Waals surface area contributed by atoms with Gasteiger partial charge in [0.05, 0.1) is 5.56 Å². The summed E-state index contributed by atoms with van der Waals surface area (Å²) in [6.07, 6.45) is -4.04. The number of nitrogens with zero attached hydrogens (tertiary/aromatic N) is 1. The van der Waals surface area contributed by atoms with Gasteiger partial charge in [0.15, 0.2) is 0 Å². The van der Waals surface area contributed by atoms with Crippen LogP contribution in [0.15, 0.2) is 42.5 Å². The highest BCUT2D eigenvalue weighted by Crippen LogP contribution is 2.32. The van der Waals surface area contributed by atoms with Crippen molar-refractivity contribution in [2.75, 3.05) is 18.4 Å². The highest BCUT2D eigenvalue weighted by Gasteiger charge is 2.30. The van der Waals surface area contributed by atoms with Crippen molar-refractivity contribution in [1.29, 1.82) is 0 Å². The number of carbonyl (C=O) groups is 1. The van der Waals surface area contributed by atoms with E-state index in [0.29, 0.717) is 11.3 Å². The van der Waals surface area contributed by atoms with Gasteiger partial charge in [-0.05, 0) is 54.9 Å². The van der Waals surface area contributed by atoms with E-state index in [1.807, 2.05) is 24.3 Å². The smallest absolute Gasteiger partial charge is 0.326 e. The molecule has 0 bridgehead atoms. The van der Waals surface area contributed by atoms with Crippen molar-refractivity contribution in [3.8, 4) is 0 Å². The quantitative estimate of drug-likeness (QED) is 0.596. The van der Waals surface area contributed by atoms with Crippen LogP contribution in [-0.4, -0.2) is 23.9 Å². The van der Waals surface area contributed by atoms with Gasteiger partial charge < -0.3 is 5.32 Å². The number of hydrogen-bond acceptors (Lipinski definition) is 2. The van der Waals surface area contributed by atoms with Gasteiger partial charge in [0.25, 0.3) is 0 Å². The van der Waals surface area contributed by atoms with Crippen molar-refractivity contribution in [3.05, 3.63) is 64.2 Å². The van der Waals surface area contributed by atoms with E-state index in [9.17, 15) is 18.0 Å². The van der Waals surface area contributed by atoms with Crippen LogP contribution in [0.25, 0.3) is 0 Å². The number of nitrogens with one attached hydrogen (secondary N) is 1. The lowest BCUT2D eigenvalue weighted by atomic mass is 10.1. The SMILES string of the molecule is CCN(CC)Cc1ccc(NC(=O)CCc2ccc(C(F)(F)F)cc2Cl)cc1. The molecule has 0 aromatic heterocycles. The zero-order valence-corrected chi connectivity index (χ0v) is 16.7. The largest absolute Gasteiger partial charge is 0.416 e. The monoisotopic (exact) mass is 412 g/mol. The molecule has 0 saturated carbocycles. The minimum Gasteiger partial charge on any atom is -0.326 e. The summed E-state index contributed by atoms with van der Waals surface area (Å²) in [4.78, 5) is 14.4. The molecule has 2 aromatic rings. The first kappa shape index (κ1) is 22.2. The van der Waals surface area contributed by atoms with Gasteiger partial charge in [0.2, 0.25) is 5.91 Å². The number of aryl methyl sites for hydroxylation is 1. The van der Waals surface area contributed by atoms with Crippen molar-refractivity contribution < 1.29 is 18.0 Å². The first-order valence-electron chi connectivity index (χ1n) is 9.19. The third kappa shape index (κ3) is 6.53. The van der Waals surface area contributed by atoms with Crippen molar-refractivity contribution in [2.24, 2.45) is 0 Å². The third-order valence-electron chi connectivity index (χ3n) is 4.54. The molecule has 0 unspecified atom stereocenters. The minimum absolute atomic E-state index is 0.0170. The van der Waals surface area contributed by atoms with Gasteiger partial charge in [-0.25, -0.2) is 0 Å². The van der Waals surface area contributed by atoms with E-state index >= 15 is 0 Å². The van der Waals surface area contributed by atoms with Crippen LogP contribution < -0.4 is 5.32 Å². The van der Waals surface area contributed by atoms with E-state index < -0.39 is 11.7 Å². The molecular weight excluding hydrogens is 389 g/mol. The Labute approximate surface area is 168 Å². The molecule has 0 fully saturated rings. The predicted octanol–water partition coefficient (Wildman–Crippen LogP) is 5.77. The molecule has 28 heavy (non-hydrogen) atoms. The van der Waals surface area contributed by atoms with E-state index in [0.717, 1.165) is 31.8 Å². The maximum absolute atomic E-state index is 12.7. The number of anilines is 1. The second kappa shape index (κ2) is 9.94. The normalized spacial score (nSPS) is 11.7. The van der Waals surface area contributed by atoms with E-state index in [-0.39, 0.29) is 23.8 Å². The molecule has 0 saturated heterocycles. The summed E-state index contributed by atoms with van der Waals surface area (Å²) in [5.74, 6) is -0.215. The first-order valence-corrected chi connectivity index (χ1v) is 9.57. The molecule has 0 aliphatic rings. The third-order valence-corrected chi connectivity index (χ3v) is 4.89. The van der Waals surface area contributed by atoms with Gasteiger partial charge in [0, 0.05) is 23.7 Å². The van der Waals surface area contributed by atoms with Crippen LogP contribution in [0.3, 0.4) is 0 Å². The van der Waals surface area contributed by atoms with Gasteiger partial charge >= 0.3 is 6.18 Å². The topological polar surface area (TPSA) is 32.3 Å². The maximum atomic E-state index is 12.7. The summed E-state index contributed by atoms with van der Waals surface area (Å²) >= 11 is 5.93. The van der Waals surface area contributed by atoms with Crippen LogP contribution >= 0.6 is 11.6 Å². The summed E-state index contributed by atoms with van der Waals surface area (Å²) in [5, 5.41) is 2.82. The summed E-state index contributed by atoms with van der Waals surface area (Å²) in [7, 11) is 0. The fourth-order valence-electron chi connectivity index (χ4n) is 2.80. The number of carbonyl (C=O) groups excluding carboxylic acids is 1. The van der Waals surface area contributed by atoms with E-state index in [1.54, 1.807) is 0 Å². The van der Waals surface area contributed by atoms with Crippen LogP contribution in [0.4, 0.5) is 18.9 Å². The summed E-state index contributed by atoms with van der Waals surface area (Å²) in [6, 6.07) is 10.8. The molecule has 0 spiro atoms. The predicted molar refractivity (Wildman–Crippen MR) is 106 cm³/mol. The fraction of sp³-hybridized carbons (Fsp3) is 0.381. The van der Waals surface area contributed by atoms with E-state index in [1.165, 1.54) is 11.6 Å². The molecule has 0 aliphatic carbocycles. The summed E-state index contributed by atoms with van der Waals surface area (Å²) in [6.45, 7) is 7.03. The van der Waals surface area contributed by atoms with Crippen molar-refractivity contribution in [2.45, 2.75) is 39.4 Å². The molecule has 7 heteroatoms. The molecule has 0 radical (unpaired) electrons.